The first kappa shape index (κ1) is 38.5. The highest BCUT2D eigenvalue weighted by Crippen LogP contribution is 2.40. The number of fused-ring (bicyclic) bond motifs is 3. The lowest BCUT2D eigenvalue weighted by molar-refractivity contribution is 1.06. The average Bonchev–Trinajstić information content (AvgIpc) is 3.72. The Bertz CT molecular complexity index is 3550. The summed E-state index contributed by atoms with van der Waals surface area (Å²) in [7, 11) is 0. The molecule has 0 N–H and O–H groups in total. The molecular formula is C57H34N8. The molecule has 0 unspecified atom stereocenters. The first-order valence-corrected chi connectivity index (χ1v) is 21.1. The first-order chi connectivity index (χ1) is 32.1. The molecule has 8 heteroatoms. The number of nitriles is 2. The van der Waals surface area contributed by atoms with E-state index in [-0.39, 0.29) is 0 Å². The largest absolute Gasteiger partial charge is 0.308 e. The summed E-state index contributed by atoms with van der Waals surface area (Å²) >= 11 is 0. The Morgan fingerprint density at radius 1 is 0.338 bits per heavy atom. The molecule has 3 heterocycles. The van der Waals surface area contributed by atoms with Crippen molar-refractivity contribution >= 4 is 21.8 Å². The predicted molar refractivity (Wildman–Crippen MR) is 257 cm³/mol. The maximum atomic E-state index is 10.2. The average molecular weight is 831 g/mol. The second-order valence-corrected chi connectivity index (χ2v) is 15.5. The molecule has 65 heavy (non-hydrogen) atoms. The first-order valence-electron chi connectivity index (χ1n) is 21.1. The second-order valence-electron chi connectivity index (χ2n) is 15.5. The fourth-order valence-corrected chi connectivity index (χ4v) is 8.42. The van der Waals surface area contributed by atoms with Crippen molar-refractivity contribution in [1.82, 2.24) is 29.5 Å². The molecule has 8 aromatic carbocycles. The highest BCUT2D eigenvalue weighted by Gasteiger charge is 2.22. The van der Waals surface area contributed by atoms with Crippen molar-refractivity contribution in [3.63, 3.8) is 0 Å². The van der Waals surface area contributed by atoms with Gasteiger partial charge in [-0.2, -0.15) is 10.5 Å². The number of aromatic nitrogens is 6. The van der Waals surface area contributed by atoms with Gasteiger partial charge in [0.15, 0.2) is 23.3 Å². The molecule has 0 radical (unpaired) electrons. The van der Waals surface area contributed by atoms with E-state index >= 15 is 0 Å². The lowest BCUT2D eigenvalue weighted by Crippen LogP contribution is -2.04. The van der Waals surface area contributed by atoms with E-state index < -0.39 is 0 Å². The Morgan fingerprint density at radius 3 is 1.48 bits per heavy atom. The third kappa shape index (κ3) is 7.23. The van der Waals surface area contributed by atoms with E-state index in [1.807, 2.05) is 140 Å². The van der Waals surface area contributed by atoms with Gasteiger partial charge in [0.25, 0.3) is 0 Å². The molecule has 11 rings (SSSR count). The van der Waals surface area contributed by atoms with Gasteiger partial charge >= 0.3 is 0 Å². The van der Waals surface area contributed by atoms with Crippen molar-refractivity contribution in [2.24, 2.45) is 0 Å². The van der Waals surface area contributed by atoms with E-state index in [0.717, 1.165) is 83.4 Å². The Labute approximate surface area is 374 Å². The standard InChI is InChI=1S/C57H34N8/c58-35-37-25-28-45(44(31-37)36-59)42-26-29-47-46-23-13-14-24-51(46)65(53(47)33-42)52-30-27-43(50-34-49(38-15-5-1-6-16-38)60-54(61-50)39-17-7-2-8-18-39)32-48(52)57-63-55(40-19-9-3-10-20-40)62-56(64-57)41-21-11-4-12-22-41/h1-34H. The lowest BCUT2D eigenvalue weighted by Gasteiger charge is -2.17. The topological polar surface area (TPSA) is 117 Å². The molecule has 0 saturated carbocycles. The van der Waals surface area contributed by atoms with Gasteiger partial charge in [-0.25, -0.2) is 24.9 Å². The number of benzene rings is 8. The molecule has 0 atom stereocenters. The van der Waals surface area contributed by atoms with E-state index in [4.69, 9.17) is 24.9 Å². The van der Waals surface area contributed by atoms with Crippen molar-refractivity contribution in [3.05, 3.63) is 217 Å². The maximum absolute atomic E-state index is 10.2. The molecule has 0 saturated heterocycles. The summed E-state index contributed by atoms with van der Waals surface area (Å²) in [6.45, 7) is 0. The van der Waals surface area contributed by atoms with Gasteiger partial charge in [0, 0.05) is 44.2 Å². The monoisotopic (exact) mass is 830 g/mol. The van der Waals surface area contributed by atoms with Gasteiger partial charge in [0.05, 0.1) is 51.4 Å². The van der Waals surface area contributed by atoms with Crippen molar-refractivity contribution in [2.45, 2.75) is 0 Å². The third-order valence-electron chi connectivity index (χ3n) is 11.6. The third-order valence-corrected chi connectivity index (χ3v) is 11.6. The Morgan fingerprint density at radius 2 is 0.862 bits per heavy atom. The van der Waals surface area contributed by atoms with Gasteiger partial charge < -0.3 is 4.57 Å². The smallest absolute Gasteiger partial charge is 0.166 e. The minimum absolute atomic E-state index is 0.428. The van der Waals surface area contributed by atoms with Gasteiger partial charge in [-0.15, -0.1) is 0 Å². The quantitative estimate of drug-likeness (QED) is 0.150. The van der Waals surface area contributed by atoms with Crippen LogP contribution in [0.1, 0.15) is 11.1 Å². The zero-order chi connectivity index (χ0) is 43.7. The van der Waals surface area contributed by atoms with Crippen molar-refractivity contribution in [2.75, 3.05) is 0 Å². The number of nitrogens with zero attached hydrogens (tertiary/aromatic N) is 8. The van der Waals surface area contributed by atoms with Gasteiger partial charge in [-0.3, -0.25) is 0 Å². The van der Waals surface area contributed by atoms with Crippen LogP contribution in [0, 0.1) is 22.7 Å². The van der Waals surface area contributed by atoms with Crippen LogP contribution in [0.15, 0.2) is 206 Å². The van der Waals surface area contributed by atoms with Gasteiger partial charge in [0.1, 0.15) is 0 Å². The van der Waals surface area contributed by atoms with Gasteiger partial charge in [-0.05, 0) is 53.6 Å². The summed E-state index contributed by atoms with van der Waals surface area (Å²) in [5.74, 6) is 2.18. The summed E-state index contributed by atoms with van der Waals surface area (Å²) in [4.78, 5) is 25.9. The van der Waals surface area contributed by atoms with Crippen LogP contribution >= 0.6 is 0 Å². The zero-order valence-corrected chi connectivity index (χ0v) is 34.7. The normalized spacial score (nSPS) is 11.0. The summed E-state index contributed by atoms with van der Waals surface area (Å²) < 4.78 is 2.25. The van der Waals surface area contributed by atoms with Crippen LogP contribution in [0.5, 0.6) is 0 Å². The van der Waals surface area contributed by atoms with Crippen LogP contribution in [0.2, 0.25) is 0 Å². The van der Waals surface area contributed by atoms with E-state index in [2.05, 4.69) is 71.3 Å². The SMILES string of the molecule is N#Cc1ccc(-c2ccc3c4ccccc4n(-c4ccc(-c5cc(-c6ccccc6)nc(-c6ccccc6)n5)cc4-c4nc(-c5ccccc5)nc(-c5ccccc5)n4)c3c2)c(C#N)c1. The Kier molecular flexibility index (Phi) is 9.78. The molecule has 0 amide bonds. The van der Waals surface area contributed by atoms with Crippen LogP contribution in [-0.4, -0.2) is 29.5 Å². The fourth-order valence-electron chi connectivity index (χ4n) is 8.42. The zero-order valence-electron chi connectivity index (χ0n) is 34.7. The number of hydrogen-bond acceptors (Lipinski definition) is 7. The van der Waals surface area contributed by atoms with Crippen molar-refractivity contribution in [3.8, 4) is 97.0 Å². The molecule has 8 nitrogen and oxygen atoms in total. The number of hydrogen-bond donors (Lipinski definition) is 0. The molecule has 0 aliphatic rings. The van der Waals surface area contributed by atoms with Crippen LogP contribution in [-0.2, 0) is 0 Å². The van der Waals surface area contributed by atoms with E-state index in [1.165, 1.54) is 0 Å². The lowest BCUT2D eigenvalue weighted by atomic mass is 9.97. The molecule has 0 bridgehead atoms. The Balaban J connectivity index is 1.21. The van der Waals surface area contributed by atoms with Crippen LogP contribution in [0.3, 0.4) is 0 Å². The minimum Gasteiger partial charge on any atom is -0.308 e. The predicted octanol–water partition coefficient (Wildman–Crippen LogP) is 13.2. The minimum atomic E-state index is 0.428. The molecule has 0 aliphatic heterocycles. The molecule has 0 fully saturated rings. The van der Waals surface area contributed by atoms with E-state index in [9.17, 15) is 10.5 Å². The number of para-hydroxylation sites is 1. The van der Waals surface area contributed by atoms with Crippen LogP contribution in [0.4, 0.5) is 0 Å². The van der Waals surface area contributed by atoms with E-state index in [0.29, 0.717) is 34.4 Å². The van der Waals surface area contributed by atoms with Gasteiger partial charge in [-0.1, -0.05) is 164 Å². The van der Waals surface area contributed by atoms with Crippen molar-refractivity contribution < 1.29 is 0 Å². The van der Waals surface area contributed by atoms with Crippen LogP contribution in [0.25, 0.3) is 107 Å². The molecule has 302 valence electrons. The highest BCUT2D eigenvalue weighted by atomic mass is 15.1. The fraction of sp³-hybridized carbons (Fsp3) is 0. The molecule has 0 spiro atoms. The Hall–Kier alpha value is -9.37. The molecule has 11 aromatic rings. The molecule has 3 aromatic heterocycles. The van der Waals surface area contributed by atoms with Crippen LogP contribution < -0.4 is 0 Å². The highest BCUT2D eigenvalue weighted by molar-refractivity contribution is 6.11. The summed E-state index contributed by atoms with van der Waals surface area (Å²) in [6, 6.07) is 72.8. The summed E-state index contributed by atoms with van der Waals surface area (Å²) in [6.07, 6.45) is 0. The molecule has 0 aliphatic carbocycles. The van der Waals surface area contributed by atoms with Gasteiger partial charge in [0.2, 0.25) is 0 Å². The summed E-state index contributed by atoms with van der Waals surface area (Å²) in [5.41, 5.74) is 11.9. The second kappa shape index (κ2) is 16.5. The maximum Gasteiger partial charge on any atom is 0.166 e. The summed E-state index contributed by atoms with van der Waals surface area (Å²) in [5, 5.41) is 21.9. The molecular weight excluding hydrogens is 797 g/mol. The van der Waals surface area contributed by atoms with Crippen molar-refractivity contribution in [1.29, 1.82) is 10.5 Å². The number of rotatable bonds is 8. The van der Waals surface area contributed by atoms with E-state index in [1.54, 1.807) is 12.1 Å².